The maximum atomic E-state index is 13.2. The van der Waals surface area contributed by atoms with Gasteiger partial charge in [0.05, 0.1) is 12.4 Å². The van der Waals surface area contributed by atoms with E-state index in [1.807, 2.05) is 45.2 Å². The lowest BCUT2D eigenvalue weighted by Crippen LogP contribution is -2.76. The van der Waals surface area contributed by atoms with E-state index in [4.69, 9.17) is 0 Å². The van der Waals surface area contributed by atoms with Gasteiger partial charge in [-0.2, -0.15) is 12.6 Å². The van der Waals surface area contributed by atoms with E-state index in [0.717, 1.165) is 0 Å². The lowest BCUT2D eigenvalue weighted by molar-refractivity contribution is -0.158. The number of pyridine rings is 1. The number of aryl methyl sites for hydroxylation is 1. The zero-order valence-corrected chi connectivity index (χ0v) is 24.0. The van der Waals surface area contributed by atoms with Crippen molar-refractivity contribution in [1.82, 2.24) is 19.8 Å². The van der Waals surface area contributed by atoms with Gasteiger partial charge >= 0.3 is 5.97 Å². The number of carboxylic acid groups (broad SMARTS) is 1. The monoisotopic (exact) mass is 733 g/mol. The second kappa shape index (κ2) is 9.27. The number of carbonyl (C=O) groups excluding carboxylic acids is 2. The predicted octanol–water partition coefficient (Wildman–Crippen LogP) is 1.73. The largest absolute Gasteiger partial charge is 0.481 e. The summed E-state index contributed by atoms with van der Waals surface area (Å²) in [6, 6.07) is -0.810. The number of hydrogen-bond acceptors (Lipinski definition) is 9. The summed E-state index contributed by atoms with van der Waals surface area (Å²) in [5.41, 5.74) is -1.50. The third-order valence-corrected chi connectivity index (χ3v) is 10.5. The smallest absolute Gasteiger partial charge is 0.313 e. The average Bonchev–Trinajstić information content (AvgIpc) is 3.19. The van der Waals surface area contributed by atoms with Gasteiger partial charge in [-0.05, 0) is 52.1 Å². The van der Waals surface area contributed by atoms with Crippen LogP contribution < -0.4 is 10.4 Å². The molecule has 0 spiro atoms. The molecule has 10 nitrogen and oxygen atoms in total. The number of rotatable bonds is 5. The Morgan fingerprint density at radius 1 is 1.30 bits per heavy atom. The number of hydrogen-bond donors (Lipinski definition) is 2. The average molecular weight is 733 g/mol. The molecule has 4 rings (SSSR count). The van der Waals surface area contributed by atoms with Crippen molar-refractivity contribution >= 4 is 98.7 Å². The molecule has 2 saturated heterocycles. The highest BCUT2D eigenvalue weighted by Gasteiger charge is 2.62. The molecule has 2 aliphatic heterocycles. The van der Waals surface area contributed by atoms with E-state index in [-0.39, 0.29) is 29.5 Å². The number of thiol groups is 1. The van der Waals surface area contributed by atoms with Crippen LogP contribution in [0.3, 0.4) is 0 Å². The fraction of sp³-hybridized carbons (Fsp3) is 0.444. The maximum Gasteiger partial charge on any atom is 0.313 e. The number of β-lactam (4-membered cyclic amide) rings is 1. The second-order valence-corrected chi connectivity index (χ2v) is 12.8. The van der Waals surface area contributed by atoms with Gasteiger partial charge < -0.3 is 10.0 Å². The van der Waals surface area contributed by atoms with Gasteiger partial charge in [0.15, 0.2) is 6.04 Å². The summed E-state index contributed by atoms with van der Waals surface area (Å²) in [5, 5.41) is 19.5. The lowest BCUT2D eigenvalue weighted by atomic mass is 9.83. The fourth-order valence-electron chi connectivity index (χ4n) is 3.86. The zero-order chi connectivity index (χ0) is 24.2. The molecule has 176 valence electrons. The van der Waals surface area contributed by atoms with E-state index in [0.29, 0.717) is 17.2 Å². The maximum absolute atomic E-state index is 13.2. The summed E-state index contributed by atoms with van der Waals surface area (Å²) in [6.07, 6.45) is 3.03. The number of thioether (sulfide) groups is 1. The minimum absolute atomic E-state index is 0.0485. The van der Waals surface area contributed by atoms with Crippen molar-refractivity contribution in [3.63, 3.8) is 0 Å². The third-order valence-electron chi connectivity index (χ3n) is 5.56. The number of nitrogens with zero attached hydrogens (tertiary/aromatic N) is 5. The first-order valence-electron chi connectivity index (χ1n) is 9.49. The van der Waals surface area contributed by atoms with Gasteiger partial charge in [-0.25, -0.2) is 5.01 Å². The highest BCUT2D eigenvalue weighted by Crippen LogP contribution is 2.51. The van der Waals surface area contributed by atoms with Crippen molar-refractivity contribution in [3.8, 4) is 0 Å². The Morgan fingerprint density at radius 2 is 1.94 bits per heavy atom. The molecule has 3 unspecified atom stereocenters. The molecule has 2 aromatic heterocycles. The van der Waals surface area contributed by atoms with Crippen LogP contribution in [0.1, 0.15) is 22.2 Å². The molecule has 0 bridgehead atoms. The van der Waals surface area contributed by atoms with Gasteiger partial charge in [0.2, 0.25) is 11.3 Å². The summed E-state index contributed by atoms with van der Waals surface area (Å²) in [4.78, 5) is 51.7. The standard InChI is InChI=1S/C18H17I2N5O5S3/c1-7-21-22-14(33-7)13(31)18(17(29)30)5-24-15(28)11(16(24)32-6-18)25(8(2)26)23-3-9(19)12(27)10(20)4-23/h3-4,11,13,16,31H,5-6H2,1-2H3,(H,29,30)/t11?,13?,16-,18?/m1/s1. The van der Waals surface area contributed by atoms with Gasteiger partial charge in [0, 0.05) is 31.6 Å². The number of amides is 2. The van der Waals surface area contributed by atoms with E-state index in [1.54, 1.807) is 6.92 Å². The Bertz CT molecular complexity index is 1200. The summed E-state index contributed by atoms with van der Waals surface area (Å²) in [5.74, 6) is -1.60. The first-order valence-corrected chi connectivity index (χ1v) is 14.0. The highest BCUT2D eigenvalue weighted by atomic mass is 127. The topological polar surface area (TPSA) is 126 Å². The SMILES string of the molecule is CC(=O)N(C1C(=O)N2CC(C(=O)O)(C(S)c3nnc(C)s3)CS[C@H]12)n1cc(I)c(=O)c(I)c1. The van der Waals surface area contributed by atoms with E-state index in [1.165, 1.54) is 57.0 Å². The molecule has 0 radical (unpaired) electrons. The number of aromatic nitrogens is 3. The zero-order valence-electron chi connectivity index (χ0n) is 17.1. The van der Waals surface area contributed by atoms with E-state index < -0.39 is 28.0 Å². The van der Waals surface area contributed by atoms with E-state index in [2.05, 4.69) is 22.8 Å². The lowest BCUT2D eigenvalue weighted by Gasteiger charge is -2.56. The van der Waals surface area contributed by atoms with Gasteiger partial charge in [-0.3, -0.25) is 23.9 Å². The molecule has 0 aromatic carbocycles. The van der Waals surface area contributed by atoms with Gasteiger partial charge in [0.25, 0.3) is 5.91 Å². The minimum Gasteiger partial charge on any atom is -0.481 e. The summed E-state index contributed by atoms with van der Waals surface area (Å²) >= 11 is 11.0. The summed E-state index contributed by atoms with van der Waals surface area (Å²) in [7, 11) is 0. The Labute approximate surface area is 229 Å². The highest BCUT2D eigenvalue weighted by molar-refractivity contribution is 14.1. The van der Waals surface area contributed by atoms with Crippen LogP contribution in [0.4, 0.5) is 0 Å². The Kier molecular flexibility index (Phi) is 7.07. The van der Waals surface area contributed by atoms with Crippen LogP contribution in [-0.4, -0.2) is 66.4 Å². The fourth-order valence-corrected chi connectivity index (χ4v) is 8.57. The summed E-state index contributed by atoms with van der Waals surface area (Å²) in [6.45, 7) is 3.08. The quantitative estimate of drug-likeness (QED) is 0.271. The van der Waals surface area contributed by atoms with Crippen LogP contribution >= 0.6 is 80.9 Å². The van der Waals surface area contributed by atoms with Gasteiger partial charge in [-0.1, -0.05) is 0 Å². The van der Waals surface area contributed by atoms with Crippen molar-refractivity contribution in [2.24, 2.45) is 5.41 Å². The van der Waals surface area contributed by atoms with E-state index >= 15 is 0 Å². The normalized spacial score (nSPS) is 25.2. The number of carbonyl (C=O) groups is 3. The molecular formula is C18H17I2N5O5S3. The molecule has 2 aliphatic rings. The molecule has 4 heterocycles. The Balaban J connectivity index is 1.64. The van der Waals surface area contributed by atoms with Crippen LogP contribution in [0, 0.1) is 19.5 Å². The number of halogens is 2. The van der Waals surface area contributed by atoms with Crippen LogP contribution in [0.25, 0.3) is 0 Å². The van der Waals surface area contributed by atoms with Gasteiger partial charge in [-0.15, -0.1) is 33.3 Å². The first-order chi connectivity index (χ1) is 15.5. The third kappa shape index (κ3) is 4.20. The molecule has 2 amide bonds. The van der Waals surface area contributed by atoms with Gasteiger partial charge in [0.1, 0.15) is 20.8 Å². The summed E-state index contributed by atoms with van der Waals surface area (Å²) < 4.78 is 2.31. The van der Waals surface area contributed by atoms with Crippen molar-refractivity contribution in [1.29, 1.82) is 0 Å². The van der Waals surface area contributed by atoms with Crippen LogP contribution in [0.15, 0.2) is 17.2 Å². The van der Waals surface area contributed by atoms with Crippen molar-refractivity contribution in [2.75, 3.05) is 17.3 Å². The van der Waals surface area contributed by atoms with Crippen molar-refractivity contribution in [2.45, 2.75) is 30.5 Å². The molecule has 2 fully saturated rings. The number of carboxylic acids is 1. The second-order valence-electron chi connectivity index (χ2n) is 7.66. The molecule has 15 heteroatoms. The Morgan fingerprint density at radius 3 is 2.45 bits per heavy atom. The minimum atomic E-state index is -1.35. The van der Waals surface area contributed by atoms with Crippen LogP contribution in [0.5, 0.6) is 0 Å². The van der Waals surface area contributed by atoms with Crippen LogP contribution in [-0.2, 0) is 14.4 Å². The molecule has 2 aromatic rings. The number of aliphatic carboxylic acids is 1. The predicted molar refractivity (Wildman–Crippen MR) is 143 cm³/mol. The van der Waals surface area contributed by atoms with Crippen molar-refractivity contribution in [3.05, 3.63) is 39.8 Å². The molecule has 33 heavy (non-hydrogen) atoms. The first kappa shape index (κ1) is 25.2. The molecule has 0 aliphatic carbocycles. The van der Waals surface area contributed by atoms with Crippen LogP contribution in [0.2, 0.25) is 0 Å². The van der Waals surface area contributed by atoms with E-state index in [9.17, 15) is 24.3 Å². The molecule has 4 atom stereocenters. The van der Waals surface area contributed by atoms with Crippen molar-refractivity contribution < 1.29 is 19.5 Å². The molecular weight excluding hydrogens is 716 g/mol. The number of fused-ring (bicyclic) bond motifs is 1. The Hall–Kier alpha value is -0.920. The molecule has 1 N–H and O–H groups in total. The molecule has 0 saturated carbocycles.